The highest BCUT2D eigenvalue weighted by Gasteiger charge is 2.39. The molecular formula is C14H22N2O3S. The average molecular weight is 298 g/mol. The Balaban J connectivity index is 2.42. The molecule has 1 fully saturated rings. The summed E-state index contributed by atoms with van der Waals surface area (Å²) < 4.78 is 32.5. The third-order valence-corrected chi connectivity index (χ3v) is 5.65. The van der Waals surface area contributed by atoms with Gasteiger partial charge in [-0.15, -0.1) is 0 Å². The minimum absolute atomic E-state index is 0.192. The Labute approximate surface area is 120 Å². The van der Waals surface area contributed by atoms with Crippen LogP contribution in [-0.2, 0) is 14.8 Å². The van der Waals surface area contributed by atoms with Gasteiger partial charge in [0.25, 0.3) is 0 Å². The third kappa shape index (κ3) is 2.88. The van der Waals surface area contributed by atoms with Crippen LogP contribution in [-0.4, -0.2) is 38.0 Å². The summed E-state index contributed by atoms with van der Waals surface area (Å²) >= 11 is 0. The first-order chi connectivity index (χ1) is 9.25. The molecule has 1 heterocycles. The Morgan fingerprint density at radius 2 is 2.10 bits per heavy atom. The molecule has 5 nitrogen and oxygen atoms in total. The second kappa shape index (κ2) is 5.44. The van der Waals surface area contributed by atoms with Gasteiger partial charge in [0.15, 0.2) is 0 Å². The van der Waals surface area contributed by atoms with Crippen LogP contribution in [0, 0.1) is 0 Å². The molecule has 6 heteroatoms. The van der Waals surface area contributed by atoms with Gasteiger partial charge in [0, 0.05) is 12.6 Å². The van der Waals surface area contributed by atoms with Crippen LogP contribution in [0.2, 0.25) is 0 Å². The zero-order valence-corrected chi connectivity index (χ0v) is 13.0. The van der Waals surface area contributed by atoms with Crippen LogP contribution < -0.4 is 5.73 Å². The standard InChI is InChI=1S/C14H22N2O3S/c1-11(15)12-5-4-6-13(9-12)20(17,18)16-7-8-19-10-14(16,2)3/h4-6,9,11H,7-8,10,15H2,1-3H3. The molecule has 0 aromatic heterocycles. The van der Waals surface area contributed by atoms with E-state index in [-0.39, 0.29) is 6.04 Å². The van der Waals surface area contributed by atoms with E-state index in [1.807, 2.05) is 26.8 Å². The van der Waals surface area contributed by atoms with E-state index in [4.69, 9.17) is 10.5 Å². The maximum Gasteiger partial charge on any atom is 0.243 e. The highest BCUT2D eigenvalue weighted by molar-refractivity contribution is 7.89. The first kappa shape index (κ1) is 15.4. The van der Waals surface area contributed by atoms with Gasteiger partial charge in [-0.25, -0.2) is 8.42 Å². The maximum atomic E-state index is 12.8. The number of hydrogen-bond donors (Lipinski definition) is 1. The van der Waals surface area contributed by atoms with Crippen molar-refractivity contribution in [1.82, 2.24) is 4.31 Å². The Morgan fingerprint density at radius 3 is 2.70 bits per heavy atom. The lowest BCUT2D eigenvalue weighted by molar-refractivity contribution is -0.00771. The minimum atomic E-state index is -3.53. The monoisotopic (exact) mass is 298 g/mol. The largest absolute Gasteiger partial charge is 0.378 e. The fourth-order valence-electron chi connectivity index (χ4n) is 2.38. The van der Waals surface area contributed by atoms with Gasteiger partial charge in [0.2, 0.25) is 10.0 Å². The normalized spacial score (nSPS) is 21.6. The van der Waals surface area contributed by atoms with Gasteiger partial charge in [-0.2, -0.15) is 4.31 Å². The van der Waals surface area contributed by atoms with Crippen LogP contribution >= 0.6 is 0 Å². The summed E-state index contributed by atoms with van der Waals surface area (Å²) in [5.41, 5.74) is 6.11. The van der Waals surface area contributed by atoms with Crippen LogP contribution in [0.5, 0.6) is 0 Å². The second-order valence-corrected chi connectivity index (χ2v) is 7.67. The number of sulfonamides is 1. The molecule has 1 aliphatic rings. The van der Waals surface area contributed by atoms with E-state index < -0.39 is 15.6 Å². The molecule has 2 N–H and O–H groups in total. The lowest BCUT2D eigenvalue weighted by atomic mass is 10.1. The van der Waals surface area contributed by atoms with Crippen molar-refractivity contribution in [3.05, 3.63) is 29.8 Å². The average Bonchev–Trinajstić information content (AvgIpc) is 2.38. The first-order valence-corrected chi connectivity index (χ1v) is 8.15. The summed E-state index contributed by atoms with van der Waals surface area (Å²) in [5.74, 6) is 0. The van der Waals surface area contributed by atoms with Gasteiger partial charge in [-0.1, -0.05) is 12.1 Å². The molecule has 0 bridgehead atoms. The maximum absolute atomic E-state index is 12.8. The molecule has 112 valence electrons. The van der Waals surface area contributed by atoms with Crippen molar-refractivity contribution in [1.29, 1.82) is 0 Å². The van der Waals surface area contributed by atoms with Crippen molar-refractivity contribution in [2.75, 3.05) is 19.8 Å². The van der Waals surface area contributed by atoms with Crippen molar-refractivity contribution >= 4 is 10.0 Å². The third-order valence-electron chi connectivity index (χ3n) is 3.54. The van der Waals surface area contributed by atoms with E-state index >= 15 is 0 Å². The Kier molecular flexibility index (Phi) is 4.20. The minimum Gasteiger partial charge on any atom is -0.378 e. The number of hydrogen-bond acceptors (Lipinski definition) is 4. The highest BCUT2D eigenvalue weighted by Crippen LogP contribution is 2.28. The molecule has 1 saturated heterocycles. The van der Waals surface area contributed by atoms with E-state index in [1.54, 1.807) is 18.2 Å². The zero-order valence-electron chi connectivity index (χ0n) is 12.2. The predicted octanol–water partition coefficient (Wildman–Crippen LogP) is 1.51. The molecule has 0 aliphatic carbocycles. The second-order valence-electron chi connectivity index (χ2n) is 5.80. The molecule has 1 atom stereocenters. The molecular weight excluding hydrogens is 276 g/mol. The fraction of sp³-hybridized carbons (Fsp3) is 0.571. The van der Waals surface area contributed by atoms with Crippen molar-refractivity contribution < 1.29 is 13.2 Å². The molecule has 2 rings (SSSR count). The van der Waals surface area contributed by atoms with Crippen molar-refractivity contribution in [2.45, 2.75) is 37.2 Å². The Hall–Kier alpha value is -0.950. The van der Waals surface area contributed by atoms with E-state index in [0.29, 0.717) is 24.7 Å². The summed E-state index contributed by atoms with van der Waals surface area (Å²) in [6.07, 6.45) is 0. The molecule has 20 heavy (non-hydrogen) atoms. The number of nitrogens with zero attached hydrogens (tertiary/aromatic N) is 1. The molecule has 1 aliphatic heterocycles. The summed E-state index contributed by atoms with van der Waals surface area (Å²) in [6, 6.07) is 6.66. The highest BCUT2D eigenvalue weighted by atomic mass is 32.2. The molecule has 0 radical (unpaired) electrons. The molecule has 1 unspecified atom stereocenters. The van der Waals surface area contributed by atoms with Gasteiger partial charge in [-0.05, 0) is 38.5 Å². The summed E-state index contributed by atoms with van der Waals surface area (Å²) in [4.78, 5) is 0.294. The van der Waals surface area contributed by atoms with E-state index in [0.717, 1.165) is 5.56 Å². The van der Waals surface area contributed by atoms with Crippen molar-refractivity contribution in [2.24, 2.45) is 5.73 Å². The lowest BCUT2D eigenvalue weighted by Crippen LogP contribution is -2.55. The van der Waals surface area contributed by atoms with Crippen molar-refractivity contribution in [3.63, 3.8) is 0 Å². The molecule has 0 saturated carbocycles. The van der Waals surface area contributed by atoms with Gasteiger partial charge < -0.3 is 10.5 Å². The van der Waals surface area contributed by atoms with Gasteiger partial charge in [0.05, 0.1) is 23.6 Å². The van der Waals surface area contributed by atoms with E-state index in [1.165, 1.54) is 4.31 Å². The first-order valence-electron chi connectivity index (χ1n) is 6.71. The number of rotatable bonds is 3. The molecule has 0 amide bonds. The van der Waals surface area contributed by atoms with Gasteiger partial charge in [-0.3, -0.25) is 0 Å². The SMILES string of the molecule is CC(N)c1cccc(S(=O)(=O)N2CCOCC2(C)C)c1. The smallest absolute Gasteiger partial charge is 0.243 e. The topological polar surface area (TPSA) is 72.6 Å². The van der Waals surface area contributed by atoms with Crippen LogP contribution in [0.15, 0.2) is 29.2 Å². The summed E-state index contributed by atoms with van der Waals surface area (Å²) in [6.45, 7) is 6.79. The van der Waals surface area contributed by atoms with Crippen molar-refractivity contribution in [3.8, 4) is 0 Å². The van der Waals surface area contributed by atoms with Gasteiger partial charge >= 0.3 is 0 Å². The molecule has 0 spiro atoms. The van der Waals surface area contributed by atoms with Gasteiger partial charge in [0.1, 0.15) is 0 Å². The lowest BCUT2D eigenvalue weighted by Gasteiger charge is -2.40. The number of nitrogens with two attached hydrogens (primary N) is 1. The summed E-state index contributed by atoms with van der Waals surface area (Å²) in [5, 5.41) is 0. The zero-order chi connectivity index (χ0) is 15.0. The summed E-state index contributed by atoms with van der Waals surface area (Å²) in [7, 11) is -3.53. The fourth-order valence-corrected chi connectivity index (χ4v) is 4.18. The Bertz CT molecular complexity index is 582. The molecule has 1 aromatic rings. The number of benzene rings is 1. The predicted molar refractivity (Wildman–Crippen MR) is 77.8 cm³/mol. The van der Waals surface area contributed by atoms with Crippen LogP contribution in [0.1, 0.15) is 32.4 Å². The van der Waals surface area contributed by atoms with Crippen LogP contribution in [0.25, 0.3) is 0 Å². The molecule has 1 aromatic carbocycles. The quantitative estimate of drug-likeness (QED) is 0.918. The van der Waals surface area contributed by atoms with Crippen LogP contribution in [0.4, 0.5) is 0 Å². The van der Waals surface area contributed by atoms with E-state index in [9.17, 15) is 8.42 Å². The number of ether oxygens (including phenoxy) is 1. The Morgan fingerprint density at radius 1 is 1.40 bits per heavy atom. The van der Waals surface area contributed by atoms with E-state index in [2.05, 4.69) is 0 Å². The number of morpholine rings is 1. The van der Waals surface area contributed by atoms with Crippen LogP contribution in [0.3, 0.4) is 0 Å².